The number of nitrogens with two attached hydrogens (primary N) is 1. The van der Waals surface area contributed by atoms with Crippen LogP contribution in [-0.4, -0.2) is 23.8 Å². The molecule has 0 saturated carbocycles. The van der Waals surface area contributed by atoms with Crippen LogP contribution >= 0.6 is 11.6 Å². The van der Waals surface area contributed by atoms with Crippen molar-refractivity contribution in [3.8, 4) is 0 Å². The number of anilines is 1. The predicted octanol–water partition coefficient (Wildman–Crippen LogP) is 1.46. The second-order valence-corrected chi connectivity index (χ2v) is 3.59. The van der Waals surface area contributed by atoms with E-state index in [4.69, 9.17) is 27.2 Å². The monoisotopic (exact) mass is 229 g/mol. The van der Waals surface area contributed by atoms with Crippen LogP contribution < -0.4 is 5.73 Å². The SMILES string of the molecule is CC(O)COC(=O)c1ccc(N)c(Cl)c1. The lowest BCUT2D eigenvalue weighted by Crippen LogP contribution is -2.15. The van der Waals surface area contributed by atoms with Crippen LogP contribution in [0.4, 0.5) is 5.69 Å². The molecule has 0 heterocycles. The number of carbonyl (C=O) groups is 1. The molecule has 1 aromatic rings. The van der Waals surface area contributed by atoms with Crippen molar-refractivity contribution in [2.45, 2.75) is 13.0 Å². The van der Waals surface area contributed by atoms with Crippen molar-refractivity contribution in [2.24, 2.45) is 0 Å². The molecule has 1 aromatic carbocycles. The number of halogens is 1. The van der Waals surface area contributed by atoms with E-state index in [-0.39, 0.29) is 6.61 Å². The first-order chi connectivity index (χ1) is 7.00. The van der Waals surface area contributed by atoms with Crippen LogP contribution in [0.15, 0.2) is 18.2 Å². The molecule has 4 nitrogen and oxygen atoms in total. The predicted molar refractivity (Wildman–Crippen MR) is 57.8 cm³/mol. The number of hydrogen-bond acceptors (Lipinski definition) is 4. The molecule has 1 atom stereocenters. The molecule has 5 heteroatoms. The number of rotatable bonds is 3. The van der Waals surface area contributed by atoms with E-state index in [2.05, 4.69) is 0 Å². The van der Waals surface area contributed by atoms with Crippen molar-refractivity contribution in [2.75, 3.05) is 12.3 Å². The highest BCUT2D eigenvalue weighted by molar-refractivity contribution is 6.33. The standard InChI is InChI=1S/C10H12ClNO3/c1-6(13)5-15-10(14)7-2-3-9(12)8(11)4-7/h2-4,6,13H,5,12H2,1H3. The molecule has 0 saturated heterocycles. The van der Waals surface area contributed by atoms with Gasteiger partial charge in [-0.15, -0.1) is 0 Å². The molecule has 0 spiro atoms. The lowest BCUT2D eigenvalue weighted by atomic mass is 10.2. The van der Waals surface area contributed by atoms with Gasteiger partial charge in [0, 0.05) is 0 Å². The highest BCUT2D eigenvalue weighted by atomic mass is 35.5. The van der Waals surface area contributed by atoms with Crippen LogP contribution in [0.3, 0.4) is 0 Å². The van der Waals surface area contributed by atoms with Crippen LogP contribution in [-0.2, 0) is 4.74 Å². The molecular formula is C10H12ClNO3. The normalized spacial score (nSPS) is 12.2. The molecule has 1 unspecified atom stereocenters. The Morgan fingerprint density at radius 3 is 2.87 bits per heavy atom. The first kappa shape index (κ1) is 11.8. The van der Waals surface area contributed by atoms with Gasteiger partial charge in [-0.3, -0.25) is 0 Å². The Morgan fingerprint density at radius 1 is 1.67 bits per heavy atom. The van der Waals surface area contributed by atoms with E-state index >= 15 is 0 Å². The fourth-order valence-corrected chi connectivity index (χ4v) is 1.11. The van der Waals surface area contributed by atoms with E-state index in [1.807, 2.05) is 0 Å². The van der Waals surface area contributed by atoms with Gasteiger partial charge < -0.3 is 15.6 Å². The average molecular weight is 230 g/mol. The number of hydrogen-bond donors (Lipinski definition) is 2. The fourth-order valence-electron chi connectivity index (χ4n) is 0.934. The Hall–Kier alpha value is -1.26. The van der Waals surface area contributed by atoms with E-state index in [0.29, 0.717) is 16.3 Å². The third-order valence-corrected chi connectivity index (χ3v) is 2.02. The molecule has 0 amide bonds. The van der Waals surface area contributed by atoms with Crippen molar-refractivity contribution in [3.05, 3.63) is 28.8 Å². The molecule has 0 bridgehead atoms. The zero-order chi connectivity index (χ0) is 11.4. The Kier molecular flexibility index (Phi) is 3.94. The molecule has 0 aromatic heterocycles. The van der Waals surface area contributed by atoms with E-state index in [0.717, 1.165) is 0 Å². The minimum atomic E-state index is -0.682. The van der Waals surface area contributed by atoms with Crippen LogP contribution in [0.25, 0.3) is 0 Å². The maximum absolute atomic E-state index is 11.4. The van der Waals surface area contributed by atoms with Gasteiger partial charge in [0.25, 0.3) is 0 Å². The van der Waals surface area contributed by atoms with Gasteiger partial charge in [-0.25, -0.2) is 4.79 Å². The van der Waals surface area contributed by atoms with Crippen molar-refractivity contribution >= 4 is 23.3 Å². The Labute approximate surface area is 92.6 Å². The summed E-state index contributed by atoms with van der Waals surface area (Å²) in [5.41, 5.74) is 6.21. The summed E-state index contributed by atoms with van der Waals surface area (Å²) in [6.07, 6.45) is -0.682. The zero-order valence-electron chi connectivity index (χ0n) is 8.24. The van der Waals surface area contributed by atoms with Crippen LogP contribution in [0.2, 0.25) is 5.02 Å². The molecular weight excluding hydrogens is 218 g/mol. The maximum atomic E-state index is 11.4. The van der Waals surface area contributed by atoms with Crippen molar-refractivity contribution in [1.29, 1.82) is 0 Å². The molecule has 0 fully saturated rings. The number of ether oxygens (including phenoxy) is 1. The third-order valence-electron chi connectivity index (χ3n) is 1.69. The first-order valence-corrected chi connectivity index (χ1v) is 4.78. The van der Waals surface area contributed by atoms with Crippen molar-refractivity contribution < 1.29 is 14.6 Å². The smallest absolute Gasteiger partial charge is 0.338 e. The summed E-state index contributed by atoms with van der Waals surface area (Å²) in [5, 5.41) is 9.23. The van der Waals surface area contributed by atoms with Crippen molar-refractivity contribution in [1.82, 2.24) is 0 Å². The molecule has 1 rings (SSSR count). The van der Waals surface area contributed by atoms with Gasteiger partial charge >= 0.3 is 5.97 Å². The lowest BCUT2D eigenvalue weighted by Gasteiger charge is -2.07. The van der Waals surface area contributed by atoms with Crippen LogP contribution in [0, 0.1) is 0 Å². The maximum Gasteiger partial charge on any atom is 0.338 e. The van der Waals surface area contributed by atoms with Gasteiger partial charge in [0.1, 0.15) is 6.61 Å². The minimum Gasteiger partial charge on any atom is -0.459 e. The number of carbonyl (C=O) groups excluding carboxylic acids is 1. The topological polar surface area (TPSA) is 72.5 Å². The summed E-state index contributed by atoms with van der Waals surface area (Å²) >= 11 is 5.74. The number of benzene rings is 1. The first-order valence-electron chi connectivity index (χ1n) is 4.41. The Morgan fingerprint density at radius 2 is 2.33 bits per heavy atom. The summed E-state index contributed by atoms with van der Waals surface area (Å²) in [6.45, 7) is 1.49. The van der Waals surface area contributed by atoms with Gasteiger partial charge in [-0.1, -0.05) is 11.6 Å². The molecule has 15 heavy (non-hydrogen) atoms. The van der Waals surface area contributed by atoms with Crippen LogP contribution in [0.5, 0.6) is 0 Å². The van der Waals surface area contributed by atoms with Crippen LogP contribution in [0.1, 0.15) is 17.3 Å². The Bertz CT molecular complexity index is 366. The molecule has 3 N–H and O–H groups in total. The van der Waals surface area contributed by atoms with Gasteiger partial charge in [0.15, 0.2) is 0 Å². The van der Waals surface area contributed by atoms with Gasteiger partial charge in [-0.2, -0.15) is 0 Å². The van der Waals surface area contributed by atoms with Crippen molar-refractivity contribution in [3.63, 3.8) is 0 Å². The molecule has 0 aliphatic heterocycles. The zero-order valence-corrected chi connectivity index (χ0v) is 8.99. The van der Waals surface area contributed by atoms with E-state index < -0.39 is 12.1 Å². The minimum absolute atomic E-state index is 0.0408. The summed E-state index contributed by atoms with van der Waals surface area (Å²) < 4.78 is 4.80. The lowest BCUT2D eigenvalue weighted by molar-refractivity contribution is 0.0296. The third kappa shape index (κ3) is 3.42. The summed E-state index contributed by atoms with van der Waals surface area (Å²) in [6, 6.07) is 4.48. The highest BCUT2D eigenvalue weighted by Crippen LogP contribution is 2.20. The summed E-state index contributed by atoms with van der Waals surface area (Å²) in [4.78, 5) is 11.4. The molecule has 0 radical (unpaired) electrons. The second kappa shape index (κ2) is 5.00. The van der Waals surface area contributed by atoms with Gasteiger partial charge in [0.2, 0.25) is 0 Å². The summed E-state index contributed by atoms with van der Waals surface area (Å²) in [5.74, 6) is -0.530. The van der Waals surface area contributed by atoms with Gasteiger partial charge in [0.05, 0.1) is 22.4 Å². The summed E-state index contributed by atoms with van der Waals surface area (Å²) in [7, 11) is 0. The quantitative estimate of drug-likeness (QED) is 0.608. The number of aliphatic hydroxyl groups is 1. The molecule has 82 valence electrons. The van der Waals surface area contributed by atoms with E-state index in [1.54, 1.807) is 0 Å². The molecule has 0 aliphatic carbocycles. The van der Waals surface area contributed by atoms with Gasteiger partial charge in [-0.05, 0) is 25.1 Å². The molecule has 0 aliphatic rings. The number of esters is 1. The van der Waals surface area contributed by atoms with E-state index in [9.17, 15) is 4.79 Å². The average Bonchev–Trinajstić information content (AvgIpc) is 2.18. The van der Waals surface area contributed by atoms with E-state index in [1.165, 1.54) is 25.1 Å². The number of nitrogen functional groups attached to an aromatic ring is 1. The number of aliphatic hydroxyl groups excluding tert-OH is 1. The Balaban J connectivity index is 2.70. The fraction of sp³-hybridized carbons (Fsp3) is 0.300. The highest BCUT2D eigenvalue weighted by Gasteiger charge is 2.09. The largest absolute Gasteiger partial charge is 0.459 e. The second-order valence-electron chi connectivity index (χ2n) is 3.18.